The molecule has 0 spiro atoms. The van der Waals surface area contributed by atoms with Crippen molar-refractivity contribution in [1.29, 1.82) is 0 Å². The van der Waals surface area contributed by atoms with Crippen LogP contribution in [0.25, 0.3) is 5.69 Å². The van der Waals surface area contributed by atoms with Gasteiger partial charge >= 0.3 is 143 Å². The van der Waals surface area contributed by atoms with Crippen molar-refractivity contribution in [3.05, 3.63) is 76.7 Å². The fraction of sp³-hybridized carbons (Fsp3) is 0.333. The molecule has 32 heavy (non-hydrogen) atoms. The molecule has 1 fully saturated rings. The second kappa shape index (κ2) is 9.22. The molecule has 3 aromatic rings. The number of likely N-dealkylation sites (tertiary alicyclic amines) is 1. The molecule has 0 aliphatic carbocycles. The summed E-state index contributed by atoms with van der Waals surface area (Å²) in [6, 6.07) is 7.80. The average molecular weight is 440 g/mol. The average Bonchev–Trinajstić information content (AvgIpc) is 3.20. The number of aryl methyl sites for hydroxylation is 1. The van der Waals surface area contributed by atoms with Gasteiger partial charge in [0.05, 0.1) is 0 Å². The second-order valence-corrected chi connectivity index (χ2v) is 8.28. The van der Waals surface area contributed by atoms with Crippen molar-refractivity contribution >= 4 is 12.8 Å². The maximum atomic E-state index is 13.6. The van der Waals surface area contributed by atoms with Crippen molar-refractivity contribution in [3.8, 4) is 11.4 Å². The molecule has 2 heterocycles. The Morgan fingerprint density at radius 3 is 2.53 bits per heavy atom. The summed E-state index contributed by atoms with van der Waals surface area (Å²) in [7, 11) is 1.62. The third-order valence-electron chi connectivity index (χ3n) is 5.90. The number of benzene rings is 2. The summed E-state index contributed by atoms with van der Waals surface area (Å²) in [5.74, 6) is -3.56. The van der Waals surface area contributed by atoms with Crippen molar-refractivity contribution in [2.75, 3.05) is 13.7 Å². The third-order valence-corrected chi connectivity index (χ3v) is 5.90. The van der Waals surface area contributed by atoms with Crippen LogP contribution in [0, 0.1) is 30.3 Å². The van der Waals surface area contributed by atoms with Gasteiger partial charge in [0, 0.05) is 0 Å². The van der Waals surface area contributed by atoms with Gasteiger partial charge in [-0.3, -0.25) is 0 Å². The quantitative estimate of drug-likeness (QED) is 0.528. The molecule has 0 bridgehead atoms. The van der Waals surface area contributed by atoms with E-state index in [2.05, 4.69) is 0 Å². The van der Waals surface area contributed by atoms with Gasteiger partial charge in [-0.25, -0.2) is 13.2 Å². The first-order valence-corrected chi connectivity index (χ1v) is 10.6. The van der Waals surface area contributed by atoms with Crippen molar-refractivity contribution in [2.45, 2.75) is 32.7 Å². The van der Waals surface area contributed by atoms with Crippen LogP contribution in [0.3, 0.4) is 0 Å². The maximum absolute atomic E-state index is 13.6. The standard InChI is InChI=1S/C24H24BF3N2O2/c1-15-12-30(14-25-15)21-6-5-16(11-22(21)32-2)8-18-4-3-7-29(24(18)31)13-17-9-19(26)23(28)20(27)10-17/h5-6,9-12,14,18H,3-4,7-8,13H2,1-2H3. The summed E-state index contributed by atoms with van der Waals surface area (Å²) < 4.78 is 47.9. The van der Waals surface area contributed by atoms with Gasteiger partial charge in [0.1, 0.15) is 0 Å². The molecule has 1 atom stereocenters. The molecule has 0 radical (unpaired) electrons. The first-order chi connectivity index (χ1) is 15.4. The summed E-state index contributed by atoms with van der Waals surface area (Å²) in [6.45, 7) is 4.60. The number of carbonyl (C=O) groups excluding carboxylic acids is 1. The predicted octanol–water partition coefficient (Wildman–Crippen LogP) is 4.53. The monoisotopic (exact) mass is 440 g/mol. The van der Waals surface area contributed by atoms with Crippen LogP contribution in [0.1, 0.15) is 29.4 Å². The van der Waals surface area contributed by atoms with Crippen LogP contribution in [0.15, 0.2) is 42.6 Å². The molecule has 1 aliphatic rings. The van der Waals surface area contributed by atoms with Crippen LogP contribution in [0.5, 0.6) is 5.75 Å². The van der Waals surface area contributed by atoms with E-state index < -0.39 is 17.5 Å². The van der Waals surface area contributed by atoms with Crippen LogP contribution >= 0.6 is 0 Å². The van der Waals surface area contributed by atoms with Gasteiger partial charge in [0.25, 0.3) is 0 Å². The summed E-state index contributed by atoms with van der Waals surface area (Å²) in [4.78, 5) is 14.6. The van der Waals surface area contributed by atoms with E-state index in [1.165, 1.54) is 0 Å². The van der Waals surface area contributed by atoms with Gasteiger partial charge < -0.3 is 0 Å². The molecule has 166 valence electrons. The van der Waals surface area contributed by atoms with E-state index in [9.17, 15) is 18.0 Å². The topological polar surface area (TPSA) is 34.5 Å². The Balaban J connectivity index is 1.49. The fourth-order valence-electron chi connectivity index (χ4n) is 4.29. The van der Waals surface area contributed by atoms with Crippen LogP contribution in [-0.4, -0.2) is 35.9 Å². The van der Waals surface area contributed by atoms with Gasteiger partial charge in [0.15, 0.2) is 17.5 Å². The molecule has 1 aliphatic heterocycles. The molecule has 1 unspecified atom stereocenters. The zero-order valence-electron chi connectivity index (χ0n) is 18.1. The van der Waals surface area contributed by atoms with E-state index in [1.807, 2.05) is 48.9 Å². The summed E-state index contributed by atoms with van der Waals surface area (Å²) >= 11 is 0. The third kappa shape index (κ3) is 4.59. The van der Waals surface area contributed by atoms with E-state index in [-0.39, 0.29) is 23.9 Å². The Bertz CT molecular complexity index is 1130. The Labute approximate surface area is 185 Å². The SMILES string of the molecule is COc1cc(CC2CCCN(Cc3cc(F)c(F)c(F)c3)C2=O)ccc1-n1cbc(C)c1. The summed E-state index contributed by atoms with van der Waals surface area (Å²) in [5, 5.41) is 0. The summed E-state index contributed by atoms with van der Waals surface area (Å²) in [5.41, 5.74) is 3.28. The van der Waals surface area contributed by atoms with E-state index in [4.69, 9.17) is 4.74 Å². The Morgan fingerprint density at radius 2 is 1.88 bits per heavy atom. The van der Waals surface area contributed by atoms with Crippen LogP contribution in [0.2, 0.25) is 0 Å². The first-order valence-electron chi connectivity index (χ1n) is 10.6. The molecule has 1 saturated heterocycles. The Hall–Kier alpha value is -3.03. The van der Waals surface area contributed by atoms with Crippen LogP contribution < -0.4 is 4.74 Å². The molecular formula is C24H24BF3N2O2. The van der Waals surface area contributed by atoms with E-state index >= 15 is 0 Å². The number of hydrogen-bond donors (Lipinski definition) is 0. The summed E-state index contributed by atoms with van der Waals surface area (Å²) in [6.07, 6.45) is 6.06. The molecular weight excluding hydrogens is 416 g/mol. The normalized spacial score (nSPS) is 16.3. The van der Waals surface area contributed by atoms with Crippen molar-refractivity contribution in [2.24, 2.45) is 5.92 Å². The fourth-order valence-corrected chi connectivity index (χ4v) is 4.29. The second-order valence-electron chi connectivity index (χ2n) is 8.28. The van der Waals surface area contributed by atoms with Gasteiger partial charge in [-0.05, 0) is 12.1 Å². The Kier molecular flexibility index (Phi) is 6.39. The molecule has 0 saturated carbocycles. The number of ether oxygens (including phenoxy) is 1. The zero-order chi connectivity index (χ0) is 22.8. The van der Waals surface area contributed by atoms with Crippen molar-refractivity contribution in [3.63, 3.8) is 0 Å². The zero-order valence-corrected chi connectivity index (χ0v) is 18.1. The molecule has 1 aromatic heterocycles. The number of aromatic nitrogens is 1. The van der Waals surface area contributed by atoms with Gasteiger partial charge in [0.2, 0.25) is 0 Å². The molecule has 2 aromatic carbocycles. The van der Waals surface area contributed by atoms with Crippen molar-refractivity contribution in [1.82, 2.24) is 9.47 Å². The minimum atomic E-state index is -1.50. The van der Waals surface area contributed by atoms with Crippen LogP contribution in [-0.2, 0) is 17.8 Å². The molecule has 0 N–H and O–H groups in total. The first kappa shape index (κ1) is 22.2. The van der Waals surface area contributed by atoms with Crippen LogP contribution in [0.4, 0.5) is 13.2 Å². The number of amides is 1. The number of rotatable bonds is 6. The predicted molar refractivity (Wildman–Crippen MR) is 117 cm³/mol. The van der Waals surface area contributed by atoms with Crippen molar-refractivity contribution < 1.29 is 22.7 Å². The number of piperidine rings is 1. The number of hydrogen-bond acceptors (Lipinski definition) is 2. The molecule has 1 amide bonds. The minimum absolute atomic E-state index is 0.0543. The molecule has 4 nitrogen and oxygen atoms in total. The number of halogens is 3. The number of methoxy groups -OCH3 is 1. The molecule has 4 rings (SSSR count). The van der Waals surface area contributed by atoms with E-state index in [0.717, 1.165) is 47.4 Å². The van der Waals surface area contributed by atoms with E-state index in [1.54, 1.807) is 12.0 Å². The Morgan fingerprint density at radius 1 is 1.12 bits per heavy atom. The van der Waals surface area contributed by atoms with Gasteiger partial charge in [-0.2, -0.15) is 0 Å². The molecule has 8 heteroatoms. The van der Waals surface area contributed by atoms with E-state index in [0.29, 0.717) is 13.0 Å². The number of carbonyl (C=O) groups is 1. The van der Waals surface area contributed by atoms with Gasteiger partial charge in [-0.1, -0.05) is 0 Å². The van der Waals surface area contributed by atoms with Gasteiger partial charge in [-0.15, -0.1) is 0 Å². The number of nitrogens with zero attached hydrogens (tertiary/aromatic N) is 2.